The number of hydrogen-bond acceptors (Lipinski definition) is 7. The number of benzene rings is 2. The SMILES string of the molecule is COc1ccc(CN2Cc3nc(-c4c(F)cccc4Cl)cc(Nc4ccc(N5CCCC5)cn4)c3C2)c(OC)c1. The molecule has 0 saturated carbocycles. The van der Waals surface area contributed by atoms with Gasteiger partial charge in [-0.15, -0.1) is 0 Å². The molecule has 6 rings (SSSR count). The van der Waals surface area contributed by atoms with Crippen molar-refractivity contribution < 1.29 is 13.9 Å². The van der Waals surface area contributed by atoms with Crippen LogP contribution in [-0.4, -0.2) is 42.2 Å². The van der Waals surface area contributed by atoms with Gasteiger partial charge in [0.15, 0.2) is 0 Å². The van der Waals surface area contributed by atoms with Gasteiger partial charge in [0.05, 0.1) is 48.1 Å². The minimum absolute atomic E-state index is 0.294. The van der Waals surface area contributed by atoms with Gasteiger partial charge in [0, 0.05) is 55.6 Å². The highest BCUT2D eigenvalue weighted by molar-refractivity contribution is 6.33. The molecule has 0 spiro atoms. The molecule has 2 aliphatic heterocycles. The predicted octanol–water partition coefficient (Wildman–Crippen LogP) is 6.81. The zero-order valence-corrected chi connectivity index (χ0v) is 23.3. The van der Waals surface area contributed by atoms with Gasteiger partial charge < -0.3 is 19.7 Å². The summed E-state index contributed by atoms with van der Waals surface area (Å²) in [6.07, 6.45) is 4.33. The summed E-state index contributed by atoms with van der Waals surface area (Å²) in [7, 11) is 3.30. The maximum absolute atomic E-state index is 15.0. The second kappa shape index (κ2) is 11.3. The van der Waals surface area contributed by atoms with Crippen molar-refractivity contribution in [3.05, 3.63) is 88.5 Å². The average Bonchev–Trinajstić information content (AvgIpc) is 3.64. The third kappa shape index (κ3) is 5.29. The Morgan fingerprint density at radius 1 is 1.00 bits per heavy atom. The molecule has 0 radical (unpaired) electrons. The highest BCUT2D eigenvalue weighted by atomic mass is 35.5. The Morgan fingerprint density at radius 2 is 1.85 bits per heavy atom. The van der Waals surface area contributed by atoms with Crippen molar-refractivity contribution in [2.75, 3.05) is 37.5 Å². The molecule has 4 heterocycles. The molecule has 1 saturated heterocycles. The van der Waals surface area contributed by atoms with Crippen molar-refractivity contribution in [1.29, 1.82) is 0 Å². The smallest absolute Gasteiger partial charge is 0.134 e. The van der Waals surface area contributed by atoms with Crippen LogP contribution in [0.3, 0.4) is 0 Å². The summed E-state index contributed by atoms with van der Waals surface area (Å²) in [4.78, 5) is 14.2. The molecule has 1 fully saturated rings. The molecular formula is C31H31ClFN5O2. The molecule has 40 heavy (non-hydrogen) atoms. The largest absolute Gasteiger partial charge is 0.497 e. The number of nitrogens with one attached hydrogen (secondary N) is 1. The Bertz CT molecular complexity index is 1510. The molecule has 0 bridgehead atoms. The van der Waals surface area contributed by atoms with E-state index in [9.17, 15) is 4.39 Å². The van der Waals surface area contributed by atoms with Crippen LogP contribution in [0.25, 0.3) is 11.3 Å². The molecule has 0 unspecified atom stereocenters. The van der Waals surface area contributed by atoms with Gasteiger partial charge in [-0.25, -0.2) is 9.37 Å². The number of rotatable bonds is 8. The predicted molar refractivity (Wildman–Crippen MR) is 156 cm³/mol. The summed E-state index contributed by atoms with van der Waals surface area (Å²) in [5, 5.41) is 3.81. The van der Waals surface area contributed by atoms with Crippen LogP contribution in [0.5, 0.6) is 11.5 Å². The molecule has 2 aromatic carbocycles. The number of ether oxygens (including phenoxy) is 2. The lowest BCUT2D eigenvalue weighted by atomic mass is 10.1. The van der Waals surface area contributed by atoms with E-state index in [1.807, 2.05) is 36.5 Å². The maximum atomic E-state index is 15.0. The third-order valence-electron chi connectivity index (χ3n) is 7.55. The number of hydrogen-bond donors (Lipinski definition) is 1. The van der Waals surface area contributed by atoms with Crippen LogP contribution in [0, 0.1) is 5.82 Å². The van der Waals surface area contributed by atoms with Gasteiger partial charge >= 0.3 is 0 Å². The average molecular weight is 560 g/mol. The van der Waals surface area contributed by atoms with E-state index < -0.39 is 5.82 Å². The molecule has 7 nitrogen and oxygen atoms in total. The number of halogens is 2. The lowest BCUT2D eigenvalue weighted by molar-refractivity contribution is 0.268. The van der Waals surface area contributed by atoms with E-state index in [4.69, 9.17) is 31.0 Å². The van der Waals surface area contributed by atoms with Crippen LogP contribution >= 0.6 is 11.6 Å². The van der Waals surface area contributed by atoms with E-state index in [1.54, 1.807) is 26.4 Å². The molecule has 4 aromatic rings. The van der Waals surface area contributed by atoms with E-state index in [-0.39, 0.29) is 0 Å². The first-order valence-corrected chi connectivity index (χ1v) is 13.8. The van der Waals surface area contributed by atoms with Gasteiger partial charge in [0.1, 0.15) is 23.1 Å². The first-order valence-electron chi connectivity index (χ1n) is 13.4. The molecule has 206 valence electrons. The van der Waals surface area contributed by atoms with Gasteiger partial charge in [0.2, 0.25) is 0 Å². The van der Waals surface area contributed by atoms with Crippen molar-refractivity contribution in [3.63, 3.8) is 0 Å². The van der Waals surface area contributed by atoms with Gasteiger partial charge in [0.25, 0.3) is 0 Å². The van der Waals surface area contributed by atoms with Crippen LogP contribution in [-0.2, 0) is 19.6 Å². The maximum Gasteiger partial charge on any atom is 0.134 e. The Labute approximate surface area is 238 Å². The Morgan fingerprint density at radius 3 is 2.58 bits per heavy atom. The second-order valence-corrected chi connectivity index (χ2v) is 10.5. The number of anilines is 3. The second-order valence-electron chi connectivity index (χ2n) is 10.1. The first-order chi connectivity index (χ1) is 19.5. The fourth-order valence-corrected chi connectivity index (χ4v) is 5.76. The van der Waals surface area contributed by atoms with E-state index in [0.717, 1.165) is 58.6 Å². The zero-order chi connectivity index (χ0) is 27.6. The highest BCUT2D eigenvalue weighted by Gasteiger charge is 2.27. The number of pyridine rings is 2. The van der Waals surface area contributed by atoms with Crippen LogP contribution in [0.4, 0.5) is 21.6 Å². The van der Waals surface area contributed by atoms with E-state index in [0.29, 0.717) is 35.9 Å². The number of fused-ring (bicyclic) bond motifs is 1. The molecule has 2 aromatic heterocycles. The lowest BCUT2D eigenvalue weighted by Gasteiger charge is -2.18. The number of aromatic nitrogens is 2. The van der Waals surface area contributed by atoms with E-state index >= 15 is 0 Å². The first kappa shape index (κ1) is 26.3. The van der Waals surface area contributed by atoms with Crippen LogP contribution in [0.1, 0.15) is 29.7 Å². The monoisotopic (exact) mass is 559 g/mol. The molecule has 9 heteroatoms. The standard InChI is InChI=1S/C31H31ClFN5O2/c1-39-22-10-8-20(29(14-22)40-2)17-37-18-23-26(36-30-11-9-21(16-34-30)38-12-3-4-13-38)15-27(35-28(23)19-37)31-24(32)6-5-7-25(31)33/h5-11,14-16H,3-4,12-13,17-19H2,1-2H3,(H,34,35,36). The fraction of sp³-hybridized carbons (Fsp3) is 0.290. The minimum atomic E-state index is -0.406. The molecule has 1 N–H and O–H groups in total. The molecule has 2 aliphatic rings. The number of methoxy groups -OCH3 is 2. The molecule has 0 amide bonds. The van der Waals surface area contributed by atoms with E-state index in [2.05, 4.69) is 21.2 Å². The van der Waals surface area contributed by atoms with Crippen molar-refractivity contribution in [2.24, 2.45) is 0 Å². The van der Waals surface area contributed by atoms with Crippen molar-refractivity contribution in [1.82, 2.24) is 14.9 Å². The highest BCUT2D eigenvalue weighted by Crippen LogP contribution is 2.38. The Balaban J connectivity index is 1.33. The Hall–Kier alpha value is -3.88. The molecule has 0 atom stereocenters. The fourth-order valence-electron chi connectivity index (χ4n) is 5.50. The van der Waals surface area contributed by atoms with Crippen molar-refractivity contribution >= 4 is 28.8 Å². The molecular weight excluding hydrogens is 529 g/mol. The topological polar surface area (TPSA) is 62.8 Å². The summed E-state index contributed by atoms with van der Waals surface area (Å²) in [5.74, 6) is 1.82. The lowest BCUT2D eigenvalue weighted by Crippen LogP contribution is -2.17. The van der Waals surface area contributed by atoms with Crippen molar-refractivity contribution in [3.8, 4) is 22.8 Å². The van der Waals surface area contributed by atoms with Crippen LogP contribution in [0.15, 0.2) is 60.8 Å². The summed E-state index contributed by atoms with van der Waals surface area (Å²) in [6.45, 7) is 4.04. The molecule has 0 aliphatic carbocycles. The third-order valence-corrected chi connectivity index (χ3v) is 7.87. The summed E-state index contributed by atoms with van der Waals surface area (Å²) in [5.41, 5.74) is 5.72. The quantitative estimate of drug-likeness (QED) is 0.254. The Kier molecular flexibility index (Phi) is 7.45. The number of nitrogens with zero attached hydrogens (tertiary/aromatic N) is 4. The summed E-state index contributed by atoms with van der Waals surface area (Å²) < 4.78 is 25.9. The van der Waals surface area contributed by atoms with E-state index in [1.165, 1.54) is 18.9 Å². The van der Waals surface area contributed by atoms with Gasteiger partial charge in [-0.3, -0.25) is 9.88 Å². The van der Waals surface area contributed by atoms with Crippen LogP contribution < -0.4 is 19.7 Å². The normalized spacial score (nSPS) is 14.8. The minimum Gasteiger partial charge on any atom is -0.497 e. The summed E-state index contributed by atoms with van der Waals surface area (Å²) in [6, 6.07) is 16.5. The van der Waals surface area contributed by atoms with Crippen LogP contribution in [0.2, 0.25) is 5.02 Å². The van der Waals surface area contributed by atoms with Gasteiger partial charge in [-0.2, -0.15) is 0 Å². The van der Waals surface area contributed by atoms with Gasteiger partial charge in [-0.05, 0) is 49.2 Å². The van der Waals surface area contributed by atoms with Crippen molar-refractivity contribution in [2.45, 2.75) is 32.5 Å². The zero-order valence-electron chi connectivity index (χ0n) is 22.6. The van der Waals surface area contributed by atoms with Gasteiger partial charge in [-0.1, -0.05) is 23.7 Å². The summed E-state index contributed by atoms with van der Waals surface area (Å²) >= 11 is 6.45.